The number of aliphatic hydroxyl groups is 1. The molecule has 15 heteroatoms. The lowest BCUT2D eigenvalue weighted by Gasteiger charge is -2.45. The van der Waals surface area contributed by atoms with Gasteiger partial charge in [0, 0.05) is 25.6 Å². The summed E-state index contributed by atoms with van der Waals surface area (Å²) in [7, 11) is 0. The van der Waals surface area contributed by atoms with Crippen molar-refractivity contribution < 1.29 is 48.1 Å². The summed E-state index contributed by atoms with van der Waals surface area (Å²) in [6, 6.07) is 2.37. The molecule has 44 heavy (non-hydrogen) atoms. The molecule has 6 atom stereocenters. The predicted octanol–water partition coefficient (Wildman–Crippen LogP) is -0.707. The van der Waals surface area contributed by atoms with Crippen molar-refractivity contribution in [1.29, 1.82) is 0 Å². The highest BCUT2D eigenvalue weighted by Gasteiger charge is 2.64. The Morgan fingerprint density at radius 3 is 2.30 bits per heavy atom. The Balaban J connectivity index is 1.44. The topological polar surface area (TPSA) is 192 Å². The highest BCUT2D eigenvalue weighted by molar-refractivity contribution is 6.38. The molecule has 238 valence electrons. The first-order valence-electron chi connectivity index (χ1n) is 14.3. The second-order valence-corrected chi connectivity index (χ2v) is 11.9. The summed E-state index contributed by atoms with van der Waals surface area (Å²) in [6.45, 7) is 7.86. The number of imide groups is 1. The first kappa shape index (κ1) is 32.4. The smallest absolute Gasteiger partial charge is 0.332 e. The van der Waals surface area contributed by atoms with Gasteiger partial charge >= 0.3 is 29.8 Å². The summed E-state index contributed by atoms with van der Waals surface area (Å²) >= 11 is 0. The molecule has 0 aliphatic carbocycles. The number of fused-ring (bicyclic) bond motifs is 1. The maximum absolute atomic E-state index is 13.5. The molecule has 0 saturated carbocycles. The zero-order valence-electron chi connectivity index (χ0n) is 25.1. The van der Waals surface area contributed by atoms with Gasteiger partial charge in [-0.3, -0.25) is 28.9 Å². The number of ether oxygens (including phenoxy) is 2. The van der Waals surface area contributed by atoms with E-state index in [1.165, 1.54) is 4.90 Å². The van der Waals surface area contributed by atoms with E-state index in [1.54, 1.807) is 65.0 Å². The Morgan fingerprint density at radius 1 is 1.02 bits per heavy atom. The number of rotatable bonds is 8. The van der Waals surface area contributed by atoms with E-state index < -0.39 is 90.0 Å². The van der Waals surface area contributed by atoms with Crippen LogP contribution in [0.1, 0.15) is 46.2 Å². The molecule has 0 aromatic heterocycles. The number of amides is 6. The van der Waals surface area contributed by atoms with E-state index in [2.05, 4.69) is 10.6 Å². The summed E-state index contributed by atoms with van der Waals surface area (Å²) in [5.41, 5.74) is -0.485. The van der Waals surface area contributed by atoms with Gasteiger partial charge in [0.2, 0.25) is 18.6 Å². The highest BCUT2D eigenvalue weighted by atomic mass is 16.7. The normalized spacial score (nSPS) is 25.5. The molecule has 3 heterocycles. The molecular formula is C29H37N5O10. The van der Waals surface area contributed by atoms with Gasteiger partial charge in [0.05, 0.1) is 17.6 Å². The van der Waals surface area contributed by atoms with Crippen LogP contribution in [0.15, 0.2) is 30.3 Å². The molecule has 3 aliphatic heterocycles. The summed E-state index contributed by atoms with van der Waals surface area (Å²) in [4.78, 5) is 92.6. The fourth-order valence-electron chi connectivity index (χ4n) is 5.44. The number of esters is 2. The Kier molecular flexibility index (Phi) is 9.27. The quantitative estimate of drug-likeness (QED) is 0.146. The number of carbonyl (C=O) groups excluding carboxylic acids is 7. The van der Waals surface area contributed by atoms with Gasteiger partial charge in [-0.1, -0.05) is 37.3 Å². The van der Waals surface area contributed by atoms with E-state index in [0.717, 1.165) is 9.80 Å². The SMILES string of the molecule is CCN1CCN(C(=O)NC(C(=O)NC2C(=O)N3C(C(=O)OCOC(=O)C(C)(C)C)C(C)C(O)[C@H]23)c2ccccc2)C(=O)C1=O. The second-order valence-electron chi connectivity index (χ2n) is 11.9. The molecule has 3 saturated heterocycles. The van der Waals surface area contributed by atoms with Crippen LogP contribution in [0.2, 0.25) is 0 Å². The zero-order valence-corrected chi connectivity index (χ0v) is 25.1. The van der Waals surface area contributed by atoms with Crippen LogP contribution >= 0.6 is 0 Å². The molecule has 0 radical (unpaired) electrons. The van der Waals surface area contributed by atoms with E-state index in [0.29, 0.717) is 12.1 Å². The lowest BCUT2D eigenvalue weighted by atomic mass is 9.91. The lowest BCUT2D eigenvalue weighted by molar-refractivity contribution is -0.180. The number of urea groups is 1. The van der Waals surface area contributed by atoms with Crippen molar-refractivity contribution in [1.82, 2.24) is 25.3 Å². The summed E-state index contributed by atoms with van der Waals surface area (Å²) < 4.78 is 10.0. The Bertz CT molecular complexity index is 1350. The molecular weight excluding hydrogens is 578 g/mol. The van der Waals surface area contributed by atoms with E-state index in [9.17, 15) is 38.7 Å². The molecule has 3 N–H and O–H groups in total. The number of benzene rings is 1. The van der Waals surface area contributed by atoms with Crippen molar-refractivity contribution in [2.75, 3.05) is 26.4 Å². The van der Waals surface area contributed by atoms with Crippen molar-refractivity contribution in [3.63, 3.8) is 0 Å². The van der Waals surface area contributed by atoms with Crippen molar-refractivity contribution in [3.8, 4) is 0 Å². The van der Waals surface area contributed by atoms with Crippen molar-refractivity contribution >= 4 is 41.6 Å². The Morgan fingerprint density at radius 2 is 1.68 bits per heavy atom. The first-order chi connectivity index (χ1) is 20.7. The second kappa shape index (κ2) is 12.6. The van der Waals surface area contributed by atoms with Gasteiger partial charge < -0.3 is 35.0 Å². The van der Waals surface area contributed by atoms with Crippen LogP contribution in [0, 0.1) is 11.3 Å². The van der Waals surface area contributed by atoms with Crippen LogP contribution < -0.4 is 10.6 Å². The van der Waals surface area contributed by atoms with Crippen molar-refractivity contribution in [3.05, 3.63) is 35.9 Å². The number of nitrogens with zero attached hydrogens (tertiary/aromatic N) is 3. The zero-order chi connectivity index (χ0) is 32.5. The molecule has 5 unspecified atom stereocenters. The number of nitrogens with one attached hydrogen (secondary N) is 2. The minimum Gasteiger partial charge on any atom is -0.427 e. The number of likely N-dealkylation sites (N-methyl/N-ethyl adjacent to an activating group) is 1. The van der Waals surface area contributed by atoms with Crippen molar-refractivity contribution in [2.24, 2.45) is 11.3 Å². The van der Waals surface area contributed by atoms with Crippen LogP contribution in [0.5, 0.6) is 0 Å². The maximum atomic E-state index is 13.5. The van der Waals surface area contributed by atoms with E-state index in [1.807, 2.05) is 0 Å². The number of hydrogen-bond donors (Lipinski definition) is 3. The molecule has 0 spiro atoms. The van der Waals surface area contributed by atoms with Gasteiger partial charge in [0.15, 0.2) is 0 Å². The number of β-lactam (4-membered cyclic amide) rings is 1. The average molecular weight is 616 g/mol. The minimum absolute atomic E-state index is 0.0670. The molecule has 6 amide bonds. The molecule has 4 rings (SSSR count). The number of piperazine rings is 1. The van der Waals surface area contributed by atoms with Crippen LogP contribution in [-0.2, 0) is 38.2 Å². The van der Waals surface area contributed by atoms with Gasteiger partial charge in [-0.2, -0.15) is 0 Å². The molecule has 1 aromatic carbocycles. The molecule has 0 bridgehead atoms. The molecule has 1 aromatic rings. The third-order valence-corrected chi connectivity index (χ3v) is 8.01. The van der Waals surface area contributed by atoms with Gasteiger partial charge in [-0.05, 0) is 33.3 Å². The summed E-state index contributed by atoms with van der Waals surface area (Å²) in [6.07, 6.45) is -1.21. The maximum Gasteiger partial charge on any atom is 0.332 e. The monoisotopic (exact) mass is 615 g/mol. The third kappa shape index (κ3) is 6.09. The van der Waals surface area contributed by atoms with Gasteiger partial charge in [-0.25, -0.2) is 9.59 Å². The third-order valence-electron chi connectivity index (χ3n) is 8.01. The van der Waals surface area contributed by atoms with E-state index >= 15 is 0 Å². The van der Waals surface area contributed by atoms with Gasteiger partial charge in [0.25, 0.3) is 0 Å². The standard InChI is InChI=1S/C29H37N5O10/c1-6-32-12-13-33(25(39)24(32)38)28(42)31-17(16-10-8-7-9-11-16)22(36)30-18-20-21(35)15(2)19(34(20)23(18)37)26(40)43-14-44-27(41)29(3,4)5/h7-11,15,17-21,35H,6,12-14H2,1-5H3,(H,30,36)(H,31,42)/t15?,17?,18?,19?,20-,21?/m0/s1. The van der Waals surface area contributed by atoms with E-state index in [4.69, 9.17) is 9.47 Å². The van der Waals surface area contributed by atoms with Crippen molar-refractivity contribution in [2.45, 2.75) is 64.9 Å². The number of carbonyl (C=O) groups is 7. The predicted molar refractivity (Wildman–Crippen MR) is 150 cm³/mol. The average Bonchev–Trinajstić information content (AvgIpc) is 3.22. The van der Waals surface area contributed by atoms with Gasteiger partial charge in [0.1, 0.15) is 18.1 Å². The summed E-state index contributed by atoms with van der Waals surface area (Å²) in [5, 5.41) is 16.0. The Hall–Kier alpha value is -4.53. The number of aliphatic hydroxyl groups excluding tert-OH is 1. The largest absolute Gasteiger partial charge is 0.427 e. The van der Waals surface area contributed by atoms with Crippen LogP contribution in [-0.4, -0.2) is 112 Å². The number of hydrogen-bond acceptors (Lipinski definition) is 10. The minimum atomic E-state index is -1.37. The molecule has 3 fully saturated rings. The fourth-order valence-corrected chi connectivity index (χ4v) is 5.44. The van der Waals surface area contributed by atoms with Gasteiger partial charge in [-0.15, -0.1) is 0 Å². The first-order valence-corrected chi connectivity index (χ1v) is 14.3. The van der Waals surface area contributed by atoms with Crippen LogP contribution in [0.3, 0.4) is 0 Å². The fraction of sp³-hybridized carbons (Fsp3) is 0.552. The van der Waals surface area contributed by atoms with Crippen LogP contribution in [0.25, 0.3) is 0 Å². The summed E-state index contributed by atoms with van der Waals surface area (Å²) in [5.74, 6) is -5.57. The molecule has 3 aliphatic rings. The van der Waals surface area contributed by atoms with E-state index in [-0.39, 0.29) is 13.1 Å². The Labute approximate surface area is 253 Å². The van der Waals surface area contributed by atoms with Crippen LogP contribution in [0.4, 0.5) is 4.79 Å². The molecule has 15 nitrogen and oxygen atoms in total. The lowest BCUT2D eigenvalue weighted by Crippen LogP contribution is -2.73. The highest BCUT2D eigenvalue weighted by Crippen LogP contribution is 2.40.